The number of aromatic nitrogens is 2. The molecule has 0 bridgehead atoms. The van der Waals surface area contributed by atoms with Gasteiger partial charge in [0.15, 0.2) is 5.76 Å². The first-order chi connectivity index (χ1) is 9.83. The highest BCUT2D eigenvalue weighted by atomic mass is 32.2. The highest BCUT2D eigenvalue weighted by molar-refractivity contribution is 7.89. The van der Waals surface area contributed by atoms with E-state index in [0.29, 0.717) is 5.69 Å². The largest absolute Gasteiger partial charge is 0.387 e. The number of aliphatic hydroxyl groups excluding tert-OH is 1. The van der Waals surface area contributed by atoms with Crippen LogP contribution in [0.2, 0.25) is 0 Å². The van der Waals surface area contributed by atoms with Gasteiger partial charge in [0.05, 0.1) is 6.10 Å². The number of hydrogen-bond donors (Lipinski definition) is 2. The molecule has 116 valence electrons. The molecule has 2 rings (SSSR count). The van der Waals surface area contributed by atoms with Gasteiger partial charge in [-0.25, -0.2) is 13.1 Å². The van der Waals surface area contributed by atoms with E-state index in [1.165, 1.54) is 0 Å². The fourth-order valence-corrected chi connectivity index (χ4v) is 3.60. The van der Waals surface area contributed by atoms with Crippen molar-refractivity contribution in [2.24, 2.45) is 7.05 Å². The lowest BCUT2D eigenvalue weighted by molar-refractivity contribution is 0.161. The SMILES string of the molecule is Cc1noc(C)c1S(=O)(=O)NCC[C@@H](O)c1cccn1C. The maximum atomic E-state index is 12.2. The molecular formula is C13H19N3O4S. The van der Waals surface area contributed by atoms with Crippen molar-refractivity contribution in [3.8, 4) is 0 Å². The van der Waals surface area contributed by atoms with Crippen molar-refractivity contribution in [3.63, 3.8) is 0 Å². The Bertz CT molecular complexity index is 698. The van der Waals surface area contributed by atoms with E-state index in [1.54, 1.807) is 24.5 Å². The summed E-state index contributed by atoms with van der Waals surface area (Å²) in [6.07, 6.45) is 1.38. The average Bonchev–Trinajstić information content (AvgIpc) is 2.95. The van der Waals surface area contributed by atoms with Gasteiger partial charge in [-0.2, -0.15) is 0 Å². The highest BCUT2D eigenvalue weighted by Crippen LogP contribution is 2.19. The summed E-state index contributed by atoms with van der Waals surface area (Å²) < 4.78 is 33.5. The maximum absolute atomic E-state index is 12.2. The molecule has 2 N–H and O–H groups in total. The quantitative estimate of drug-likeness (QED) is 0.830. The predicted octanol–water partition coefficient (Wildman–Crippen LogP) is 1.03. The van der Waals surface area contributed by atoms with Crippen molar-refractivity contribution in [3.05, 3.63) is 35.5 Å². The standard InChI is InChI=1S/C13H19N3O4S/c1-9-13(10(2)20-15-9)21(18,19)14-7-6-12(17)11-5-4-8-16(11)3/h4-5,8,12,14,17H,6-7H2,1-3H3/t12-/m1/s1. The van der Waals surface area contributed by atoms with E-state index in [9.17, 15) is 13.5 Å². The lowest BCUT2D eigenvalue weighted by Gasteiger charge is -2.12. The lowest BCUT2D eigenvalue weighted by atomic mass is 10.2. The number of sulfonamides is 1. The minimum Gasteiger partial charge on any atom is -0.387 e. The molecule has 1 atom stereocenters. The molecule has 2 aromatic heterocycles. The normalized spacial score (nSPS) is 13.5. The zero-order valence-corrected chi connectivity index (χ0v) is 13.0. The van der Waals surface area contributed by atoms with Crippen LogP contribution < -0.4 is 4.72 Å². The van der Waals surface area contributed by atoms with Gasteiger partial charge in [0.25, 0.3) is 0 Å². The van der Waals surface area contributed by atoms with Crippen LogP contribution in [0, 0.1) is 13.8 Å². The molecule has 0 saturated heterocycles. The molecular weight excluding hydrogens is 294 g/mol. The summed E-state index contributed by atoms with van der Waals surface area (Å²) in [4.78, 5) is 0.0656. The molecule has 7 nitrogen and oxygen atoms in total. The van der Waals surface area contributed by atoms with Crippen LogP contribution in [0.1, 0.15) is 29.7 Å². The number of hydrogen-bond acceptors (Lipinski definition) is 5. The second-order valence-electron chi connectivity index (χ2n) is 4.90. The summed E-state index contributed by atoms with van der Waals surface area (Å²) in [5.74, 6) is 0.253. The third-order valence-corrected chi connectivity index (χ3v) is 4.98. The molecule has 0 fully saturated rings. The smallest absolute Gasteiger partial charge is 0.245 e. The third kappa shape index (κ3) is 3.34. The Kier molecular flexibility index (Phi) is 4.50. The number of nitrogens with one attached hydrogen (secondary N) is 1. The first-order valence-corrected chi connectivity index (χ1v) is 8.03. The summed E-state index contributed by atoms with van der Waals surface area (Å²) in [7, 11) is -1.85. The zero-order chi connectivity index (χ0) is 15.6. The van der Waals surface area contributed by atoms with Gasteiger partial charge in [-0.15, -0.1) is 0 Å². The predicted molar refractivity (Wildman–Crippen MR) is 76.2 cm³/mol. The lowest BCUT2D eigenvalue weighted by Crippen LogP contribution is -2.27. The number of aryl methyl sites for hydroxylation is 3. The average molecular weight is 313 g/mol. The molecule has 0 spiro atoms. The molecule has 0 aliphatic heterocycles. The molecule has 0 aromatic carbocycles. The second-order valence-corrected chi connectivity index (χ2v) is 6.60. The minimum absolute atomic E-state index is 0.0656. The van der Waals surface area contributed by atoms with E-state index in [1.807, 2.05) is 19.3 Å². The van der Waals surface area contributed by atoms with Gasteiger partial charge in [-0.3, -0.25) is 0 Å². The maximum Gasteiger partial charge on any atom is 0.245 e. The Morgan fingerprint density at radius 1 is 1.48 bits per heavy atom. The van der Waals surface area contributed by atoms with Gasteiger partial charge in [-0.1, -0.05) is 5.16 Å². The topological polar surface area (TPSA) is 97.4 Å². The molecule has 0 aliphatic rings. The van der Waals surface area contributed by atoms with Gasteiger partial charge in [0.2, 0.25) is 10.0 Å². The van der Waals surface area contributed by atoms with Crippen molar-refractivity contribution in [1.82, 2.24) is 14.4 Å². The Morgan fingerprint density at radius 3 is 2.71 bits per heavy atom. The van der Waals surface area contributed by atoms with E-state index in [-0.39, 0.29) is 23.6 Å². The number of nitrogens with zero attached hydrogens (tertiary/aromatic N) is 2. The molecule has 21 heavy (non-hydrogen) atoms. The summed E-state index contributed by atoms with van der Waals surface area (Å²) in [5.41, 5.74) is 1.06. The van der Waals surface area contributed by atoms with E-state index in [4.69, 9.17) is 4.52 Å². The Hall–Kier alpha value is -1.64. The van der Waals surface area contributed by atoms with Crippen LogP contribution in [-0.4, -0.2) is 29.8 Å². The van der Waals surface area contributed by atoms with Crippen LogP contribution in [0.25, 0.3) is 0 Å². The fraction of sp³-hybridized carbons (Fsp3) is 0.462. The molecule has 2 aromatic rings. The third-order valence-electron chi connectivity index (χ3n) is 3.27. The van der Waals surface area contributed by atoms with Gasteiger partial charge >= 0.3 is 0 Å². The van der Waals surface area contributed by atoms with Crippen molar-refractivity contribution in [2.45, 2.75) is 31.3 Å². The van der Waals surface area contributed by atoms with Crippen LogP contribution in [0.3, 0.4) is 0 Å². The Morgan fingerprint density at radius 2 is 2.19 bits per heavy atom. The number of rotatable bonds is 6. The van der Waals surface area contributed by atoms with Gasteiger partial charge in [-0.05, 0) is 32.4 Å². The van der Waals surface area contributed by atoms with Crippen molar-refractivity contribution >= 4 is 10.0 Å². The fourth-order valence-electron chi connectivity index (χ4n) is 2.23. The number of aliphatic hydroxyl groups is 1. The van der Waals surface area contributed by atoms with Crippen molar-refractivity contribution in [2.75, 3.05) is 6.54 Å². The molecule has 0 radical (unpaired) electrons. The minimum atomic E-state index is -3.68. The first-order valence-electron chi connectivity index (χ1n) is 6.54. The second kappa shape index (κ2) is 6.00. The summed E-state index contributed by atoms with van der Waals surface area (Å²) in [5, 5.41) is 13.7. The van der Waals surface area contributed by atoms with E-state index >= 15 is 0 Å². The molecule has 0 aliphatic carbocycles. The Labute approximate surface area is 123 Å². The van der Waals surface area contributed by atoms with E-state index in [0.717, 1.165) is 5.69 Å². The molecule has 8 heteroatoms. The summed E-state index contributed by atoms with van der Waals surface area (Å²) in [6.45, 7) is 3.25. The molecule has 0 saturated carbocycles. The van der Waals surface area contributed by atoms with Crippen LogP contribution >= 0.6 is 0 Å². The van der Waals surface area contributed by atoms with Crippen LogP contribution in [0.5, 0.6) is 0 Å². The van der Waals surface area contributed by atoms with Crippen molar-refractivity contribution in [1.29, 1.82) is 0 Å². The van der Waals surface area contributed by atoms with Crippen molar-refractivity contribution < 1.29 is 18.0 Å². The van der Waals surface area contributed by atoms with E-state index in [2.05, 4.69) is 9.88 Å². The van der Waals surface area contributed by atoms with E-state index < -0.39 is 16.1 Å². The van der Waals surface area contributed by atoms with Crippen LogP contribution in [-0.2, 0) is 17.1 Å². The van der Waals surface area contributed by atoms with Gasteiger partial charge < -0.3 is 14.2 Å². The summed E-state index contributed by atoms with van der Waals surface area (Å²) in [6, 6.07) is 3.63. The highest BCUT2D eigenvalue weighted by Gasteiger charge is 2.24. The van der Waals surface area contributed by atoms with Crippen LogP contribution in [0.4, 0.5) is 0 Å². The molecule has 0 unspecified atom stereocenters. The Balaban J connectivity index is 1.99. The first kappa shape index (κ1) is 15.7. The monoisotopic (exact) mass is 313 g/mol. The molecule has 0 amide bonds. The zero-order valence-electron chi connectivity index (χ0n) is 12.2. The molecule has 2 heterocycles. The summed E-state index contributed by atoms with van der Waals surface area (Å²) >= 11 is 0. The van der Waals surface area contributed by atoms with Crippen LogP contribution in [0.15, 0.2) is 27.7 Å². The van der Waals surface area contributed by atoms with Gasteiger partial charge in [0, 0.05) is 25.5 Å². The van der Waals surface area contributed by atoms with Gasteiger partial charge in [0.1, 0.15) is 10.6 Å².